The molecular formula is C42H44F2N10O5S. The fraction of sp³-hybridized carbons (Fsp3) is 0.310. The number of amides is 1. The monoisotopic (exact) mass is 838 g/mol. The van der Waals surface area contributed by atoms with Crippen LogP contribution in [0.15, 0.2) is 89.6 Å². The van der Waals surface area contributed by atoms with Gasteiger partial charge in [-0.3, -0.25) is 19.6 Å². The lowest BCUT2D eigenvalue weighted by atomic mass is 9.81. The van der Waals surface area contributed by atoms with E-state index >= 15 is 4.39 Å². The van der Waals surface area contributed by atoms with Crippen LogP contribution in [0.25, 0.3) is 11.3 Å². The van der Waals surface area contributed by atoms with Crippen LogP contribution in [0.4, 0.5) is 25.2 Å². The Labute approximate surface area is 350 Å². The number of aromatic nitrogens is 3. The van der Waals surface area contributed by atoms with E-state index in [0.29, 0.717) is 28.4 Å². The summed E-state index contributed by atoms with van der Waals surface area (Å²) in [6.45, 7) is 3.39. The molecule has 3 atom stereocenters. The van der Waals surface area contributed by atoms with Crippen LogP contribution in [0, 0.1) is 23.0 Å². The van der Waals surface area contributed by atoms with Crippen molar-refractivity contribution in [3.63, 3.8) is 0 Å². The number of benzene rings is 2. The Morgan fingerprint density at radius 3 is 2.53 bits per heavy atom. The second kappa shape index (κ2) is 19.0. The number of hydrazone groups is 1. The summed E-state index contributed by atoms with van der Waals surface area (Å²) in [4.78, 5) is 44.2. The molecule has 3 aromatic heterocycles. The summed E-state index contributed by atoms with van der Waals surface area (Å²) < 4.78 is 41.4. The zero-order valence-corrected chi connectivity index (χ0v) is 34.4. The van der Waals surface area contributed by atoms with Gasteiger partial charge in [-0.25, -0.2) is 28.5 Å². The maximum Gasteiger partial charge on any atom is 0.417 e. The molecule has 0 saturated heterocycles. The van der Waals surface area contributed by atoms with Crippen molar-refractivity contribution < 1.29 is 33.0 Å². The van der Waals surface area contributed by atoms with Gasteiger partial charge in [0.15, 0.2) is 6.23 Å². The number of nitriles is 1. The molecule has 0 fully saturated rings. The lowest BCUT2D eigenvalue weighted by Gasteiger charge is -2.37. The number of nitrogens with zero attached hydrogens (tertiary/aromatic N) is 9. The van der Waals surface area contributed by atoms with Crippen LogP contribution in [-0.4, -0.2) is 100 Å². The van der Waals surface area contributed by atoms with Crippen LogP contribution >= 0.6 is 11.3 Å². The summed E-state index contributed by atoms with van der Waals surface area (Å²) in [5, 5.41) is 32.7. The highest BCUT2D eigenvalue weighted by Crippen LogP contribution is 2.41. The number of likely N-dealkylation sites (N-methyl/N-ethyl adjacent to an activating group) is 1. The highest BCUT2D eigenvalue weighted by atomic mass is 32.1. The van der Waals surface area contributed by atoms with Crippen LogP contribution < -0.4 is 10.2 Å². The van der Waals surface area contributed by atoms with E-state index in [1.165, 1.54) is 40.8 Å². The number of esters is 1. The zero-order chi connectivity index (χ0) is 43.0. The molecule has 2 N–H and O–H groups in total. The van der Waals surface area contributed by atoms with Crippen LogP contribution in [0.3, 0.4) is 0 Å². The first-order chi connectivity index (χ1) is 28.8. The minimum atomic E-state index is -2.02. The number of aliphatic hydroxyl groups is 1. The Kier molecular flexibility index (Phi) is 13.6. The van der Waals surface area contributed by atoms with Crippen molar-refractivity contribution >= 4 is 41.4 Å². The van der Waals surface area contributed by atoms with Gasteiger partial charge in [-0.15, -0.1) is 11.3 Å². The highest BCUT2D eigenvalue weighted by molar-refractivity contribution is 7.10. The van der Waals surface area contributed by atoms with Gasteiger partial charge in [0.2, 0.25) is 0 Å². The van der Waals surface area contributed by atoms with Gasteiger partial charge >= 0.3 is 12.1 Å². The molecule has 0 spiro atoms. The number of hydrogen-bond acceptors (Lipinski definition) is 15. The fourth-order valence-electron chi connectivity index (χ4n) is 6.59. The van der Waals surface area contributed by atoms with Gasteiger partial charge in [-0.2, -0.15) is 10.4 Å². The van der Waals surface area contributed by atoms with Crippen molar-refractivity contribution in [2.75, 3.05) is 51.1 Å². The standard InChI is InChI=1S/C42H44F2N10O5S/c1-27(40-50-36(23-60-40)30-12-10-29(19-45)11-13-30)42(57,34-18-33(43)14-15-35(34)44)24-54-26-53(25-49-54)28(2)59-41(56)52(5)39-32(9-7-17-48-39)22-58-37(55)21-51(4)20-31-8-6-16-47-38(31)46-3/h6-18,23,25,27-28,57H,20-22,24,26H2,1-5H3,(H,46,47)/t27-,28?,42+/m0/s1. The third kappa shape index (κ3) is 10.00. The van der Waals surface area contributed by atoms with E-state index < -0.39 is 41.4 Å². The lowest BCUT2D eigenvalue weighted by Crippen LogP contribution is -2.46. The minimum Gasteiger partial charge on any atom is -0.460 e. The molecule has 2 aromatic carbocycles. The summed E-state index contributed by atoms with van der Waals surface area (Å²) in [5.41, 5.74) is 0.948. The predicted molar refractivity (Wildman–Crippen MR) is 221 cm³/mol. The van der Waals surface area contributed by atoms with Crippen LogP contribution in [0.1, 0.15) is 47.0 Å². The molecule has 1 aliphatic heterocycles. The molecule has 0 radical (unpaired) electrons. The fourth-order valence-corrected chi connectivity index (χ4v) is 7.56. The van der Waals surface area contributed by atoms with Gasteiger partial charge in [0.05, 0.1) is 35.4 Å². The molecule has 1 amide bonds. The van der Waals surface area contributed by atoms with E-state index in [4.69, 9.17) is 14.5 Å². The molecule has 0 aliphatic carbocycles. The van der Waals surface area contributed by atoms with Gasteiger partial charge in [0.25, 0.3) is 0 Å². The number of β-amino-alcohol motifs (C(OH)–C–C–N with tert-alkyl or cyclic N) is 1. The third-order valence-corrected chi connectivity index (χ3v) is 11.0. The van der Waals surface area contributed by atoms with E-state index in [0.717, 1.165) is 35.1 Å². The lowest BCUT2D eigenvalue weighted by molar-refractivity contribution is -0.146. The molecule has 1 unspecified atom stereocenters. The first-order valence-electron chi connectivity index (χ1n) is 18.8. The van der Waals surface area contributed by atoms with Crippen molar-refractivity contribution in [1.82, 2.24) is 29.8 Å². The largest absolute Gasteiger partial charge is 0.460 e. The first kappa shape index (κ1) is 43.0. The quantitative estimate of drug-likeness (QED) is 0.109. The van der Waals surface area contributed by atoms with Crippen LogP contribution in [0.2, 0.25) is 0 Å². The van der Waals surface area contributed by atoms with Crippen LogP contribution in [0.5, 0.6) is 0 Å². The number of pyridine rings is 2. The minimum absolute atomic E-state index is 0.0106. The van der Waals surface area contributed by atoms with Gasteiger partial charge in [0.1, 0.15) is 48.5 Å². The van der Waals surface area contributed by atoms with Gasteiger partial charge in [-0.05, 0) is 56.4 Å². The van der Waals surface area contributed by atoms with E-state index in [-0.39, 0.29) is 37.7 Å². The highest BCUT2D eigenvalue weighted by Gasteiger charge is 2.43. The Hall–Kier alpha value is -6.55. The third-order valence-electron chi connectivity index (χ3n) is 9.98. The molecule has 6 rings (SSSR count). The van der Waals surface area contributed by atoms with Gasteiger partial charge < -0.3 is 24.8 Å². The summed E-state index contributed by atoms with van der Waals surface area (Å²) in [6, 6.07) is 19.0. The van der Waals surface area contributed by atoms with Gasteiger partial charge in [0, 0.05) is 66.6 Å². The number of ether oxygens (including phenoxy) is 2. The molecule has 5 aromatic rings. The Bertz CT molecular complexity index is 2380. The molecule has 0 saturated carbocycles. The van der Waals surface area contributed by atoms with Crippen molar-refractivity contribution in [1.29, 1.82) is 5.26 Å². The normalized spacial score (nSPS) is 14.3. The molecule has 1 aliphatic rings. The van der Waals surface area contributed by atoms with E-state index in [1.807, 2.05) is 12.1 Å². The molecule has 15 nitrogen and oxygen atoms in total. The first-order valence-corrected chi connectivity index (χ1v) is 19.7. The van der Waals surface area contributed by atoms with E-state index in [1.54, 1.807) is 85.7 Å². The number of anilines is 2. The second-order valence-electron chi connectivity index (χ2n) is 14.2. The zero-order valence-electron chi connectivity index (χ0n) is 33.6. The molecule has 4 heterocycles. The maximum absolute atomic E-state index is 15.4. The number of nitrogens with one attached hydrogen (secondary N) is 1. The molecule has 18 heteroatoms. The summed E-state index contributed by atoms with van der Waals surface area (Å²) in [5.74, 6) is -1.91. The summed E-state index contributed by atoms with van der Waals surface area (Å²) in [6.07, 6.45) is 2.98. The molecular weight excluding hydrogens is 795 g/mol. The number of thiazole rings is 1. The van der Waals surface area contributed by atoms with Crippen molar-refractivity contribution in [3.05, 3.63) is 123 Å². The molecule has 60 heavy (non-hydrogen) atoms. The maximum atomic E-state index is 15.4. The van der Waals surface area contributed by atoms with Gasteiger partial charge in [-0.1, -0.05) is 31.2 Å². The van der Waals surface area contributed by atoms with Crippen molar-refractivity contribution in [2.24, 2.45) is 5.10 Å². The molecule has 0 bridgehead atoms. The van der Waals surface area contributed by atoms with E-state index in [9.17, 15) is 24.3 Å². The van der Waals surface area contributed by atoms with E-state index in [2.05, 4.69) is 26.5 Å². The Morgan fingerprint density at radius 1 is 1.07 bits per heavy atom. The second-order valence-corrected chi connectivity index (χ2v) is 15.1. The number of carbonyl (C=O) groups is 2. The number of rotatable bonds is 16. The SMILES string of the molecule is CNc1ncccc1CN(C)CC(=O)OCc1cccnc1N(C)C(=O)OC(C)N1C=NN(C[C@](O)(c2cc(F)ccc2F)[C@@H](C)c2nc(-c3ccc(C#N)cc3)cs2)C1. The van der Waals surface area contributed by atoms with Crippen molar-refractivity contribution in [3.8, 4) is 17.3 Å². The predicted octanol–water partition coefficient (Wildman–Crippen LogP) is 6.10. The Morgan fingerprint density at radius 2 is 1.80 bits per heavy atom. The van der Waals surface area contributed by atoms with Crippen molar-refractivity contribution in [2.45, 2.75) is 44.7 Å². The summed E-state index contributed by atoms with van der Waals surface area (Å²) in [7, 11) is 5.05. The smallest absolute Gasteiger partial charge is 0.417 e. The number of carbonyl (C=O) groups excluding carboxylic acids is 2. The average Bonchev–Trinajstić information content (AvgIpc) is 3.94. The van der Waals surface area contributed by atoms with Crippen LogP contribution in [-0.2, 0) is 33.0 Å². The average molecular weight is 839 g/mol. The Balaban J connectivity index is 1.08. The molecule has 312 valence electrons. The number of halogens is 2. The topological polar surface area (TPSA) is 173 Å². The summed E-state index contributed by atoms with van der Waals surface area (Å²) >= 11 is 1.26. The number of hydrogen-bond donors (Lipinski definition) is 2.